The first-order valence-corrected chi connectivity index (χ1v) is 5.21. The molecule has 0 aliphatic carbocycles. The zero-order chi connectivity index (χ0) is 12.2. The van der Waals surface area contributed by atoms with Gasteiger partial charge in [0.05, 0.1) is 6.42 Å². The minimum absolute atomic E-state index is 0.0313. The van der Waals surface area contributed by atoms with Crippen LogP contribution in [0.4, 0.5) is 13.2 Å². The minimum Gasteiger partial charge on any atom is -0.312 e. The summed E-state index contributed by atoms with van der Waals surface area (Å²) in [6, 6.07) is 6.00. The summed E-state index contributed by atoms with van der Waals surface area (Å²) in [4.78, 5) is 0. The van der Waals surface area contributed by atoms with E-state index in [9.17, 15) is 13.2 Å². The van der Waals surface area contributed by atoms with E-state index in [4.69, 9.17) is 0 Å². The predicted molar refractivity (Wildman–Crippen MR) is 58.3 cm³/mol. The molecule has 0 atom stereocenters. The highest BCUT2D eigenvalue weighted by atomic mass is 19.4. The maximum atomic E-state index is 11.9. The Kier molecular flexibility index (Phi) is 4.35. The van der Waals surface area contributed by atoms with Crippen molar-refractivity contribution < 1.29 is 13.2 Å². The smallest absolute Gasteiger partial charge is 0.312 e. The maximum Gasteiger partial charge on any atom is 0.390 e. The lowest BCUT2D eigenvalue weighted by atomic mass is 10.1. The van der Waals surface area contributed by atoms with E-state index in [1.54, 1.807) is 0 Å². The largest absolute Gasteiger partial charge is 0.390 e. The third kappa shape index (κ3) is 5.16. The van der Waals surface area contributed by atoms with Gasteiger partial charge in [-0.2, -0.15) is 13.2 Å². The van der Waals surface area contributed by atoms with E-state index in [2.05, 4.69) is 5.32 Å². The summed E-state index contributed by atoms with van der Waals surface area (Å²) in [6.07, 6.45) is -4.85. The van der Waals surface area contributed by atoms with Crippen molar-refractivity contribution in [1.29, 1.82) is 0 Å². The van der Waals surface area contributed by atoms with Crippen molar-refractivity contribution in [2.45, 2.75) is 33.0 Å². The number of hydrogen-bond acceptors (Lipinski definition) is 1. The molecule has 1 nitrogen and oxygen atoms in total. The summed E-state index contributed by atoms with van der Waals surface area (Å²) < 4.78 is 35.6. The number of alkyl halides is 3. The molecule has 1 rings (SSSR count). The molecular formula is C12H16F3N. The van der Waals surface area contributed by atoms with Gasteiger partial charge in [0.15, 0.2) is 0 Å². The quantitative estimate of drug-likeness (QED) is 0.783. The molecule has 1 aromatic carbocycles. The topological polar surface area (TPSA) is 12.0 Å². The van der Waals surface area contributed by atoms with E-state index in [1.807, 2.05) is 32.0 Å². The average Bonchev–Trinajstić information content (AvgIpc) is 2.09. The minimum atomic E-state index is -4.07. The molecule has 0 fully saturated rings. The molecular weight excluding hydrogens is 215 g/mol. The Hall–Kier alpha value is -1.03. The first-order valence-electron chi connectivity index (χ1n) is 5.21. The van der Waals surface area contributed by atoms with Crippen LogP contribution in [0.15, 0.2) is 18.2 Å². The fourth-order valence-corrected chi connectivity index (χ4v) is 1.63. The fraction of sp³-hybridized carbons (Fsp3) is 0.500. The Morgan fingerprint density at radius 2 is 1.62 bits per heavy atom. The van der Waals surface area contributed by atoms with Gasteiger partial charge in [0, 0.05) is 13.1 Å². The normalized spacial score (nSPS) is 11.8. The van der Waals surface area contributed by atoms with E-state index in [0.717, 1.165) is 16.7 Å². The lowest BCUT2D eigenvalue weighted by Crippen LogP contribution is -2.21. The Morgan fingerprint density at radius 3 is 2.12 bits per heavy atom. The number of benzene rings is 1. The number of halogens is 3. The van der Waals surface area contributed by atoms with Crippen molar-refractivity contribution in [3.05, 3.63) is 34.9 Å². The molecule has 90 valence electrons. The van der Waals surface area contributed by atoms with Crippen LogP contribution in [0.5, 0.6) is 0 Å². The second-order valence-electron chi connectivity index (χ2n) is 4.04. The van der Waals surface area contributed by atoms with E-state index >= 15 is 0 Å². The molecule has 0 radical (unpaired) electrons. The van der Waals surface area contributed by atoms with Crippen LogP contribution in [0, 0.1) is 13.8 Å². The molecule has 4 heteroatoms. The van der Waals surface area contributed by atoms with Gasteiger partial charge in [-0.15, -0.1) is 0 Å². The van der Waals surface area contributed by atoms with Crippen molar-refractivity contribution in [2.75, 3.05) is 6.54 Å². The first-order chi connectivity index (χ1) is 7.37. The molecule has 0 aliphatic heterocycles. The molecule has 0 unspecified atom stereocenters. The summed E-state index contributed by atoms with van der Waals surface area (Å²) in [7, 11) is 0. The number of rotatable bonds is 4. The molecule has 0 saturated heterocycles. The lowest BCUT2D eigenvalue weighted by molar-refractivity contribution is -0.133. The van der Waals surface area contributed by atoms with Crippen LogP contribution in [0.1, 0.15) is 23.1 Å². The van der Waals surface area contributed by atoms with Gasteiger partial charge in [0.25, 0.3) is 0 Å². The van der Waals surface area contributed by atoms with Gasteiger partial charge in [0.1, 0.15) is 0 Å². The van der Waals surface area contributed by atoms with Crippen LogP contribution in [-0.4, -0.2) is 12.7 Å². The molecule has 1 aromatic rings. The zero-order valence-corrected chi connectivity index (χ0v) is 9.49. The second kappa shape index (κ2) is 5.34. The van der Waals surface area contributed by atoms with Crippen LogP contribution in [0.25, 0.3) is 0 Å². The highest BCUT2D eigenvalue weighted by Gasteiger charge is 2.25. The van der Waals surface area contributed by atoms with Crippen LogP contribution in [0.2, 0.25) is 0 Å². The molecule has 16 heavy (non-hydrogen) atoms. The first kappa shape index (κ1) is 13.0. The third-order valence-electron chi connectivity index (χ3n) is 2.20. The molecule has 0 heterocycles. The summed E-state index contributed by atoms with van der Waals surface area (Å²) in [5.41, 5.74) is 3.29. The average molecular weight is 231 g/mol. The summed E-state index contributed by atoms with van der Waals surface area (Å²) in [5.74, 6) is 0. The molecule has 0 amide bonds. The molecule has 0 aromatic heterocycles. The SMILES string of the molecule is Cc1cc(C)cc(CNCCC(F)(F)F)c1. The van der Waals surface area contributed by atoms with Crippen molar-refractivity contribution >= 4 is 0 Å². The fourth-order valence-electron chi connectivity index (χ4n) is 1.63. The van der Waals surface area contributed by atoms with E-state index < -0.39 is 12.6 Å². The molecule has 0 saturated carbocycles. The van der Waals surface area contributed by atoms with Gasteiger partial charge in [-0.05, 0) is 19.4 Å². The molecule has 0 bridgehead atoms. The van der Waals surface area contributed by atoms with E-state index in [0.29, 0.717) is 6.54 Å². The van der Waals surface area contributed by atoms with E-state index in [1.165, 1.54) is 0 Å². The Bertz CT molecular complexity index is 324. The Labute approximate surface area is 93.7 Å². The standard InChI is InChI=1S/C12H16F3N/c1-9-5-10(2)7-11(6-9)8-16-4-3-12(13,14)15/h5-7,16H,3-4,8H2,1-2H3. The lowest BCUT2D eigenvalue weighted by Gasteiger charge is -2.09. The second-order valence-corrected chi connectivity index (χ2v) is 4.04. The summed E-state index contributed by atoms with van der Waals surface area (Å²) in [6.45, 7) is 4.41. The monoisotopic (exact) mass is 231 g/mol. The number of aryl methyl sites for hydroxylation is 2. The van der Waals surface area contributed by atoms with Gasteiger partial charge in [-0.25, -0.2) is 0 Å². The van der Waals surface area contributed by atoms with Crippen molar-refractivity contribution in [3.63, 3.8) is 0 Å². The van der Waals surface area contributed by atoms with Crippen LogP contribution >= 0.6 is 0 Å². The van der Waals surface area contributed by atoms with Crippen LogP contribution in [-0.2, 0) is 6.54 Å². The molecule has 0 spiro atoms. The highest BCUT2D eigenvalue weighted by molar-refractivity contribution is 5.28. The summed E-state index contributed by atoms with van der Waals surface area (Å²) >= 11 is 0. The highest BCUT2D eigenvalue weighted by Crippen LogP contribution is 2.18. The van der Waals surface area contributed by atoms with Crippen LogP contribution < -0.4 is 5.32 Å². The number of nitrogens with one attached hydrogen (secondary N) is 1. The van der Waals surface area contributed by atoms with Gasteiger partial charge >= 0.3 is 6.18 Å². The van der Waals surface area contributed by atoms with Gasteiger partial charge in [-0.3, -0.25) is 0 Å². The Balaban J connectivity index is 2.37. The third-order valence-corrected chi connectivity index (χ3v) is 2.20. The Morgan fingerprint density at radius 1 is 1.06 bits per heavy atom. The van der Waals surface area contributed by atoms with Crippen molar-refractivity contribution in [3.8, 4) is 0 Å². The van der Waals surface area contributed by atoms with Crippen molar-refractivity contribution in [1.82, 2.24) is 5.32 Å². The van der Waals surface area contributed by atoms with Gasteiger partial charge in [-0.1, -0.05) is 29.3 Å². The van der Waals surface area contributed by atoms with Crippen LogP contribution in [0.3, 0.4) is 0 Å². The maximum absolute atomic E-state index is 11.9. The number of hydrogen-bond donors (Lipinski definition) is 1. The van der Waals surface area contributed by atoms with Gasteiger partial charge < -0.3 is 5.32 Å². The predicted octanol–water partition coefficient (Wildman–Crippen LogP) is 3.35. The molecule has 1 N–H and O–H groups in total. The van der Waals surface area contributed by atoms with Crippen molar-refractivity contribution in [2.24, 2.45) is 0 Å². The molecule has 0 aliphatic rings. The summed E-state index contributed by atoms with van der Waals surface area (Å²) in [5, 5.41) is 2.79. The van der Waals surface area contributed by atoms with E-state index in [-0.39, 0.29) is 6.54 Å². The zero-order valence-electron chi connectivity index (χ0n) is 9.49. The van der Waals surface area contributed by atoms with Gasteiger partial charge in [0.2, 0.25) is 0 Å².